The SMILES string of the molecule is COC(=O)CCCN1C(=O)C(C(C)C)Oc2ccc([N+](=O)[O-])cc21. The van der Waals surface area contributed by atoms with Crippen molar-refractivity contribution >= 4 is 23.3 Å². The van der Waals surface area contributed by atoms with Crippen LogP contribution in [0.25, 0.3) is 0 Å². The minimum Gasteiger partial charge on any atom is -0.478 e. The van der Waals surface area contributed by atoms with Crippen LogP contribution in [0.5, 0.6) is 5.75 Å². The van der Waals surface area contributed by atoms with E-state index in [1.54, 1.807) is 0 Å². The molecule has 1 aliphatic rings. The summed E-state index contributed by atoms with van der Waals surface area (Å²) >= 11 is 0. The summed E-state index contributed by atoms with van der Waals surface area (Å²) in [6.45, 7) is 3.99. The summed E-state index contributed by atoms with van der Waals surface area (Å²) in [4.78, 5) is 35.9. The van der Waals surface area contributed by atoms with Crippen LogP contribution in [0, 0.1) is 16.0 Å². The van der Waals surface area contributed by atoms with E-state index in [1.165, 1.54) is 30.2 Å². The van der Waals surface area contributed by atoms with Crippen molar-refractivity contribution in [3.63, 3.8) is 0 Å². The Morgan fingerprint density at radius 2 is 2.17 bits per heavy atom. The standard InChI is InChI=1S/C16H20N2O6/c1-10(2)15-16(20)17(8-4-5-14(19)23-3)12-9-11(18(21)22)6-7-13(12)24-15/h6-7,9-10,15H,4-5,8H2,1-3H3. The number of benzene rings is 1. The number of anilines is 1. The Bertz CT molecular complexity index is 658. The van der Waals surface area contributed by atoms with Gasteiger partial charge in [0.2, 0.25) is 0 Å². The Morgan fingerprint density at radius 1 is 1.46 bits per heavy atom. The molecule has 130 valence electrons. The number of hydrogen-bond acceptors (Lipinski definition) is 6. The molecule has 24 heavy (non-hydrogen) atoms. The third kappa shape index (κ3) is 3.64. The van der Waals surface area contributed by atoms with E-state index >= 15 is 0 Å². The van der Waals surface area contributed by atoms with Crippen LogP contribution in [-0.2, 0) is 14.3 Å². The number of carbonyl (C=O) groups is 2. The topological polar surface area (TPSA) is 99.0 Å². The van der Waals surface area contributed by atoms with Crippen molar-refractivity contribution < 1.29 is 24.0 Å². The van der Waals surface area contributed by atoms with Crippen molar-refractivity contribution in [1.29, 1.82) is 0 Å². The molecule has 0 saturated carbocycles. The van der Waals surface area contributed by atoms with Crippen LogP contribution in [0.2, 0.25) is 0 Å². The van der Waals surface area contributed by atoms with Crippen LogP contribution in [0.4, 0.5) is 11.4 Å². The van der Waals surface area contributed by atoms with Crippen molar-refractivity contribution in [3.05, 3.63) is 28.3 Å². The van der Waals surface area contributed by atoms with E-state index in [0.717, 1.165) is 0 Å². The van der Waals surface area contributed by atoms with E-state index in [4.69, 9.17) is 4.74 Å². The van der Waals surface area contributed by atoms with E-state index in [1.807, 2.05) is 13.8 Å². The van der Waals surface area contributed by atoms with Gasteiger partial charge in [-0.1, -0.05) is 13.8 Å². The fraction of sp³-hybridized carbons (Fsp3) is 0.500. The number of esters is 1. The quantitative estimate of drug-likeness (QED) is 0.449. The average Bonchev–Trinajstić information content (AvgIpc) is 2.55. The molecule has 1 aromatic carbocycles. The first-order chi connectivity index (χ1) is 11.3. The summed E-state index contributed by atoms with van der Waals surface area (Å²) in [6, 6.07) is 4.17. The molecule has 1 aliphatic heterocycles. The first-order valence-electron chi connectivity index (χ1n) is 7.68. The molecule has 0 saturated heterocycles. The highest BCUT2D eigenvalue weighted by atomic mass is 16.6. The van der Waals surface area contributed by atoms with Crippen molar-refractivity contribution in [1.82, 2.24) is 0 Å². The smallest absolute Gasteiger partial charge is 0.305 e. The van der Waals surface area contributed by atoms with Gasteiger partial charge in [0.05, 0.1) is 17.7 Å². The summed E-state index contributed by atoms with van der Waals surface area (Å²) < 4.78 is 10.3. The van der Waals surface area contributed by atoms with Crippen LogP contribution in [-0.4, -0.2) is 36.6 Å². The number of methoxy groups -OCH3 is 1. The van der Waals surface area contributed by atoms with Crippen LogP contribution < -0.4 is 9.64 Å². The predicted molar refractivity (Wildman–Crippen MR) is 86.0 cm³/mol. The Balaban J connectivity index is 2.31. The second kappa shape index (κ2) is 7.29. The molecule has 0 spiro atoms. The van der Waals surface area contributed by atoms with Gasteiger partial charge in [-0.25, -0.2) is 0 Å². The fourth-order valence-electron chi connectivity index (χ4n) is 2.52. The van der Waals surface area contributed by atoms with Gasteiger partial charge in [0.15, 0.2) is 6.10 Å². The number of carbonyl (C=O) groups excluding carboxylic acids is 2. The highest BCUT2D eigenvalue weighted by Gasteiger charge is 2.37. The third-order valence-electron chi connectivity index (χ3n) is 3.80. The summed E-state index contributed by atoms with van der Waals surface area (Å²) in [5, 5.41) is 11.0. The highest BCUT2D eigenvalue weighted by Crippen LogP contribution is 2.38. The number of nitrogens with zero attached hydrogens (tertiary/aromatic N) is 2. The Kier molecular flexibility index (Phi) is 5.38. The number of hydrogen-bond donors (Lipinski definition) is 0. The molecule has 8 heteroatoms. The average molecular weight is 336 g/mol. The minimum atomic E-state index is -0.655. The number of amides is 1. The van der Waals surface area contributed by atoms with E-state index in [2.05, 4.69) is 4.74 Å². The van der Waals surface area contributed by atoms with Gasteiger partial charge in [0.1, 0.15) is 5.75 Å². The first kappa shape index (κ1) is 17.7. The summed E-state index contributed by atoms with van der Waals surface area (Å²) in [5.41, 5.74) is 0.238. The molecule has 8 nitrogen and oxygen atoms in total. The molecule has 1 amide bonds. The molecule has 0 bridgehead atoms. The summed E-state index contributed by atoms with van der Waals surface area (Å²) in [5.74, 6) is -0.251. The van der Waals surface area contributed by atoms with Crippen molar-refractivity contribution in [3.8, 4) is 5.75 Å². The van der Waals surface area contributed by atoms with Gasteiger partial charge in [0, 0.05) is 25.1 Å². The Hall–Kier alpha value is -2.64. The van der Waals surface area contributed by atoms with Gasteiger partial charge in [0.25, 0.3) is 11.6 Å². The number of fused-ring (bicyclic) bond motifs is 1. The normalized spacial score (nSPS) is 16.6. The molecule has 0 radical (unpaired) electrons. The predicted octanol–water partition coefficient (Wildman–Crippen LogP) is 2.30. The van der Waals surface area contributed by atoms with Gasteiger partial charge in [-0.2, -0.15) is 0 Å². The molecule has 1 atom stereocenters. The maximum absolute atomic E-state index is 12.7. The zero-order chi connectivity index (χ0) is 17.9. The van der Waals surface area contributed by atoms with Gasteiger partial charge >= 0.3 is 5.97 Å². The van der Waals surface area contributed by atoms with Crippen LogP contribution in [0.15, 0.2) is 18.2 Å². The van der Waals surface area contributed by atoms with Gasteiger partial charge in [-0.3, -0.25) is 19.7 Å². The molecule has 0 fully saturated rings. The van der Waals surface area contributed by atoms with Crippen LogP contribution >= 0.6 is 0 Å². The third-order valence-corrected chi connectivity index (χ3v) is 3.80. The van der Waals surface area contributed by atoms with Crippen LogP contribution in [0.3, 0.4) is 0 Å². The van der Waals surface area contributed by atoms with Crippen LogP contribution in [0.1, 0.15) is 26.7 Å². The van der Waals surface area contributed by atoms with E-state index in [0.29, 0.717) is 17.9 Å². The number of nitro benzene ring substituents is 1. The largest absolute Gasteiger partial charge is 0.478 e. The lowest BCUT2D eigenvalue weighted by Gasteiger charge is -2.35. The van der Waals surface area contributed by atoms with Crippen molar-refractivity contribution in [2.45, 2.75) is 32.8 Å². The Labute approximate surface area is 139 Å². The van der Waals surface area contributed by atoms with Gasteiger partial charge in [-0.05, 0) is 18.4 Å². The highest BCUT2D eigenvalue weighted by molar-refractivity contribution is 6.00. The lowest BCUT2D eigenvalue weighted by Crippen LogP contribution is -2.48. The van der Waals surface area contributed by atoms with E-state index < -0.39 is 11.0 Å². The maximum atomic E-state index is 12.7. The monoisotopic (exact) mass is 336 g/mol. The van der Waals surface area contributed by atoms with Crippen molar-refractivity contribution in [2.75, 3.05) is 18.6 Å². The number of ether oxygens (including phenoxy) is 2. The molecule has 2 rings (SSSR count). The molecular weight excluding hydrogens is 316 g/mol. The maximum Gasteiger partial charge on any atom is 0.305 e. The number of rotatable bonds is 6. The second-order valence-electron chi connectivity index (χ2n) is 5.86. The number of nitro groups is 1. The minimum absolute atomic E-state index is 0.0519. The van der Waals surface area contributed by atoms with Gasteiger partial charge in [-0.15, -0.1) is 0 Å². The molecule has 1 heterocycles. The number of non-ortho nitro benzene ring substituents is 1. The first-order valence-corrected chi connectivity index (χ1v) is 7.68. The molecule has 0 aliphatic carbocycles. The lowest BCUT2D eigenvalue weighted by atomic mass is 10.0. The van der Waals surface area contributed by atoms with E-state index in [9.17, 15) is 19.7 Å². The Morgan fingerprint density at radius 3 is 2.75 bits per heavy atom. The zero-order valence-electron chi connectivity index (χ0n) is 13.9. The second-order valence-corrected chi connectivity index (χ2v) is 5.86. The molecule has 1 aromatic rings. The molecule has 0 aromatic heterocycles. The zero-order valence-corrected chi connectivity index (χ0v) is 13.9. The van der Waals surface area contributed by atoms with Crippen molar-refractivity contribution in [2.24, 2.45) is 5.92 Å². The lowest BCUT2D eigenvalue weighted by molar-refractivity contribution is -0.384. The van der Waals surface area contributed by atoms with Gasteiger partial charge < -0.3 is 14.4 Å². The summed E-state index contributed by atoms with van der Waals surface area (Å²) in [7, 11) is 1.30. The summed E-state index contributed by atoms with van der Waals surface area (Å²) in [6.07, 6.45) is -0.0968. The molecular formula is C16H20N2O6. The fourth-order valence-corrected chi connectivity index (χ4v) is 2.52. The molecule has 1 unspecified atom stereocenters. The van der Waals surface area contributed by atoms with E-state index in [-0.39, 0.29) is 36.4 Å². The molecule has 0 N–H and O–H groups in total.